The summed E-state index contributed by atoms with van der Waals surface area (Å²) in [5.74, 6) is 0.0791. The summed E-state index contributed by atoms with van der Waals surface area (Å²) >= 11 is 0. The summed E-state index contributed by atoms with van der Waals surface area (Å²) in [5, 5.41) is 10.2. The monoisotopic (exact) mass is 275 g/mol. The normalized spacial score (nSPS) is 10.4. The molecule has 0 bridgehead atoms. The van der Waals surface area contributed by atoms with Gasteiger partial charge in [0.25, 0.3) is 0 Å². The van der Waals surface area contributed by atoms with E-state index >= 15 is 0 Å². The molecule has 0 fully saturated rings. The number of aromatic nitrogens is 2. The van der Waals surface area contributed by atoms with E-state index in [0.29, 0.717) is 25.5 Å². The molecule has 1 N–H and O–H groups in total. The van der Waals surface area contributed by atoms with Gasteiger partial charge in [-0.05, 0) is 12.0 Å². The SMILES string of the molecule is COCCNC(=O)c1nnc(CCc2ccccc2)o1. The zero-order valence-corrected chi connectivity index (χ0v) is 11.3. The fourth-order valence-electron chi connectivity index (χ4n) is 1.68. The van der Waals surface area contributed by atoms with Crippen LogP contribution >= 0.6 is 0 Å². The number of aryl methyl sites for hydroxylation is 2. The molecule has 2 rings (SSSR count). The Bertz CT molecular complexity index is 540. The summed E-state index contributed by atoms with van der Waals surface area (Å²) in [5.41, 5.74) is 1.19. The van der Waals surface area contributed by atoms with Gasteiger partial charge in [0.2, 0.25) is 5.89 Å². The van der Waals surface area contributed by atoms with Crippen molar-refractivity contribution in [3.05, 3.63) is 47.7 Å². The van der Waals surface area contributed by atoms with Gasteiger partial charge in [-0.2, -0.15) is 0 Å². The molecule has 1 amide bonds. The lowest BCUT2D eigenvalue weighted by molar-refractivity contribution is 0.0901. The number of ether oxygens (including phenoxy) is 1. The highest BCUT2D eigenvalue weighted by atomic mass is 16.5. The quantitative estimate of drug-likeness (QED) is 0.769. The predicted octanol–water partition coefficient (Wildman–Crippen LogP) is 1.23. The minimum absolute atomic E-state index is 0.0100. The lowest BCUT2D eigenvalue weighted by Crippen LogP contribution is -2.27. The Labute approximate surface area is 117 Å². The molecule has 0 aliphatic rings. The van der Waals surface area contributed by atoms with E-state index in [2.05, 4.69) is 15.5 Å². The topological polar surface area (TPSA) is 77.2 Å². The van der Waals surface area contributed by atoms with Gasteiger partial charge in [-0.25, -0.2) is 0 Å². The van der Waals surface area contributed by atoms with E-state index in [0.717, 1.165) is 6.42 Å². The maximum absolute atomic E-state index is 11.6. The summed E-state index contributed by atoms with van der Waals surface area (Å²) < 4.78 is 10.2. The highest BCUT2D eigenvalue weighted by molar-refractivity contribution is 5.89. The van der Waals surface area contributed by atoms with Crippen LogP contribution in [0.25, 0.3) is 0 Å². The van der Waals surface area contributed by atoms with Gasteiger partial charge in [0.15, 0.2) is 0 Å². The van der Waals surface area contributed by atoms with E-state index < -0.39 is 0 Å². The molecular weight excluding hydrogens is 258 g/mol. The third-order valence-electron chi connectivity index (χ3n) is 2.72. The van der Waals surface area contributed by atoms with Crippen molar-refractivity contribution >= 4 is 5.91 Å². The molecule has 106 valence electrons. The molecule has 0 saturated heterocycles. The first kappa shape index (κ1) is 14.2. The van der Waals surface area contributed by atoms with Crippen LogP contribution in [0.5, 0.6) is 0 Å². The molecule has 0 aliphatic heterocycles. The van der Waals surface area contributed by atoms with Crippen LogP contribution in [0.15, 0.2) is 34.7 Å². The first-order valence-corrected chi connectivity index (χ1v) is 6.43. The lowest BCUT2D eigenvalue weighted by Gasteiger charge is -2.00. The van der Waals surface area contributed by atoms with Gasteiger partial charge in [0, 0.05) is 20.1 Å². The van der Waals surface area contributed by atoms with Crippen LogP contribution in [0.4, 0.5) is 0 Å². The van der Waals surface area contributed by atoms with Crippen LogP contribution in [-0.2, 0) is 17.6 Å². The smallest absolute Gasteiger partial charge is 0.308 e. The number of methoxy groups -OCH3 is 1. The Hall–Kier alpha value is -2.21. The number of amides is 1. The van der Waals surface area contributed by atoms with Crippen LogP contribution in [-0.4, -0.2) is 36.4 Å². The summed E-state index contributed by atoms with van der Waals surface area (Å²) in [6.45, 7) is 0.859. The first-order valence-electron chi connectivity index (χ1n) is 6.43. The second-order valence-electron chi connectivity index (χ2n) is 4.24. The molecular formula is C14H17N3O3. The standard InChI is InChI=1S/C14H17N3O3/c1-19-10-9-15-13(18)14-17-16-12(20-14)8-7-11-5-3-2-4-6-11/h2-6H,7-10H2,1H3,(H,15,18). The molecule has 1 heterocycles. The number of carbonyl (C=O) groups is 1. The Morgan fingerprint density at radius 3 is 2.80 bits per heavy atom. The Balaban J connectivity index is 1.84. The molecule has 0 atom stereocenters. The molecule has 6 nitrogen and oxygen atoms in total. The van der Waals surface area contributed by atoms with Gasteiger partial charge < -0.3 is 14.5 Å². The minimum atomic E-state index is -0.375. The number of hydrogen-bond acceptors (Lipinski definition) is 5. The molecule has 6 heteroatoms. The maximum Gasteiger partial charge on any atom is 0.308 e. The van der Waals surface area contributed by atoms with Crippen molar-refractivity contribution in [2.75, 3.05) is 20.3 Å². The number of nitrogens with zero attached hydrogens (tertiary/aromatic N) is 2. The van der Waals surface area contributed by atoms with E-state index in [9.17, 15) is 4.79 Å². The highest BCUT2D eigenvalue weighted by Crippen LogP contribution is 2.06. The van der Waals surface area contributed by atoms with Gasteiger partial charge in [0.05, 0.1) is 6.61 Å². The van der Waals surface area contributed by atoms with Crippen molar-refractivity contribution in [3.8, 4) is 0 Å². The summed E-state index contributed by atoms with van der Waals surface area (Å²) in [6.07, 6.45) is 1.41. The second-order valence-corrected chi connectivity index (χ2v) is 4.24. The second kappa shape index (κ2) is 7.40. The summed E-state index contributed by atoms with van der Waals surface area (Å²) in [7, 11) is 1.57. The average molecular weight is 275 g/mol. The average Bonchev–Trinajstić information content (AvgIpc) is 2.95. The van der Waals surface area contributed by atoms with E-state index in [1.54, 1.807) is 7.11 Å². The van der Waals surface area contributed by atoms with Crippen LogP contribution in [0.2, 0.25) is 0 Å². The fourth-order valence-corrected chi connectivity index (χ4v) is 1.68. The van der Waals surface area contributed by atoms with Crippen molar-refractivity contribution in [3.63, 3.8) is 0 Å². The molecule has 0 aliphatic carbocycles. The molecule has 20 heavy (non-hydrogen) atoms. The van der Waals surface area contributed by atoms with Gasteiger partial charge in [-0.3, -0.25) is 4.79 Å². The maximum atomic E-state index is 11.6. The van der Waals surface area contributed by atoms with E-state index in [1.807, 2.05) is 30.3 Å². The third kappa shape index (κ3) is 4.17. The van der Waals surface area contributed by atoms with Gasteiger partial charge in [0.1, 0.15) is 0 Å². The van der Waals surface area contributed by atoms with Gasteiger partial charge in [-0.1, -0.05) is 30.3 Å². The van der Waals surface area contributed by atoms with Crippen molar-refractivity contribution in [2.45, 2.75) is 12.8 Å². The first-order chi connectivity index (χ1) is 9.79. The fraction of sp³-hybridized carbons (Fsp3) is 0.357. The van der Waals surface area contributed by atoms with E-state index in [4.69, 9.17) is 9.15 Å². The van der Waals surface area contributed by atoms with Crippen molar-refractivity contribution < 1.29 is 13.9 Å². The Morgan fingerprint density at radius 2 is 2.05 bits per heavy atom. The number of carbonyl (C=O) groups excluding carboxylic acids is 1. The third-order valence-corrected chi connectivity index (χ3v) is 2.72. The molecule has 1 aromatic carbocycles. The Kier molecular flexibility index (Phi) is 5.25. The van der Waals surface area contributed by atoms with Crippen LogP contribution < -0.4 is 5.32 Å². The zero-order chi connectivity index (χ0) is 14.2. The summed E-state index contributed by atoms with van der Waals surface area (Å²) in [6, 6.07) is 10.0. The molecule has 0 radical (unpaired) electrons. The Morgan fingerprint density at radius 1 is 1.25 bits per heavy atom. The van der Waals surface area contributed by atoms with Crippen LogP contribution in [0, 0.1) is 0 Å². The lowest BCUT2D eigenvalue weighted by atomic mass is 10.1. The summed E-state index contributed by atoms with van der Waals surface area (Å²) in [4.78, 5) is 11.6. The molecule has 0 unspecified atom stereocenters. The van der Waals surface area contributed by atoms with E-state index in [-0.39, 0.29) is 11.8 Å². The minimum Gasteiger partial charge on any atom is -0.417 e. The molecule has 0 spiro atoms. The van der Waals surface area contributed by atoms with E-state index in [1.165, 1.54) is 5.56 Å². The van der Waals surface area contributed by atoms with Gasteiger partial charge >= 0.3 is 11.8 Å². The number of benzene rings is 1. The number of hydrogen-bond donors (Lipinski definition) is 1. The highest BCUT2D eigenvalue weighted by Gasteiger charge is 2.13. The van der Waals surface area contributed by atoms with Crippen molar-refractivity contribution in [2.24, 2.45) is 0 Å². The number of nitrogens with one attached hydrogen (secondary N) is 1. The van der Waals surface area contributed by atoms with Crippen LogP contribution in [0.3, 0.4) is 0 Å². The van der Waals surface area contributed by atoms with Gasteiger partial charge in [-0.15, -0.1) is 10.2 Å². The zero-order valence-electron chi connectivity index (χ0n) is 11.3. The molecule has 2 aromatic rings. The largest absolute Gasteiger partial charge is 0.417 e. The van der Waals surface area contributed by atoms with Crippen molar-refractivity contribution in [1.82, 2.24) is 15.5 Å². The van der Waals surface area contributed by atoms with Crippen LogP contribution in [0.1, 0.15) is 22.1 Å². The van der Waals surface area contributed by atoms with Crippen molar-refractivity contribution in [1.29, 1.82) is 0 Å². The predicted molar refractivity (Wildman–Crippen MR) is 72.4 cm³/mol. The number of rotatable bonds is 7. The molecule has 1 aromatic heterocycles. The molecule has 0 saturated carbocycles.